The summed E-state index contributed by atoms with van der Waals surface area (Å²) < 4.78 is 13.7. The van der Waals surface area contributed by atoms with Gasteiger partial charge in [-0.05, 0) is 31.9 Å². The molecule has 27 heavy (non-hydrogen) atoms. The third kappa shape index (κ3) is 3.45. The number of hydrogen-bond acceptors (Lipinski definition) is 4. The number of benzene rings is 1. The smallest absolute Gasteiger partial charge is 0.257 e. The molecule has 1 aromatic carbocycles. The molecule has 0 radical (unpaired) electrons. The molecule has 4 rings (SSSR count). The number of aryl methyl sites for hydroxylation is 1. The highest BCUT2D eigenvalue weighted by Crippen LogP contribution is 2.32. The van der Waals surface area contributed by atoms with E-state index in [1.165, 1.54) is 12.1 Å². The predicted octanol–water partition coefficient (Wildman–Crippen LogP) is 3.33. The Bertz CT molecular complexity index is 970. The Morgan fingerprint density at radius 1 is 1.30 bits per heavy atom. The van der Waals surface area contributed by atoms with Crippen molar-refractivity contribution in [1.82, 2.24) is 25.1 Å². The van der Waals surface area contributed by atoms with Gasteiger partial charge in [0.25, 0.3) is 5.91 Å². The molecule has 1 saturated heterocycles. The molecule has 7 heteroatoms. The summed E-state index contributed by atoms with van der Waals surface area (Å²) in [5, 5.41) is 6.76. The van der Waals surface area contributed by atoms with Crippen molar-refractivity contribution < 1.29 is 9.18 Å². The predicted molar refractivity (Wildman–Crippen MR) is 98.6 cm³/mol. The second-order valence-corrected chi connectivity index (χ2v) is 6.80. The molecule has 0 unspecified atom stereocenters. The molecule has 1 N–H and O–H groups in total. The van der Waals surface area contributed by atoms with Crippen LogP contribution in [-0.2, 0) is 0 Å². The Hall–Kier alpha value is -3.09. The first-order valence-electron chi connectivity index (χ1n) is 8.99. The van der Waals surface area contributed by atoms with Crippen LogP contribution in [0, 0.1) is 12.7 Å². The largest absolute Gasteiger partial charge is 0.338 e. The van der Waals surface area contributed by atoms with Crippen molar-refractivity contribution in [2.24, 2.45) is 0 Å². The minimum Gasteiger partial charge on any atom is -0.338 e. The topological polar surface area (TPSA) is 74.8 Å². The first kappa shape index (κ1) is 17.3. The average molecular weight is 365 g/mol. The van der Waals surface area contributed by atoms with Gasteiger partial charge in [0.05, 0.1) is 23.1 Å². The average Bonchev–Trinajstić information content (AvgIpc) is 3.13. The second kappa shape index (κ2) is 7.26. The van der Waals surface area contributed by atoms with Crippen LogP contribution in [-0.4, -0.2) is 44.1 Å². The standard InChI is InChI=1S/C20H20FN5O/c1-13-17(11-24-25-13)20(27)26-9-3-5-15(12-26)19-18(22-7-8-23-19)14-4-2-6-16(21)10-14/h2,4,6-8,10-11,15H,3,5,9,12H2,1H3,(H,24,25)/t15-/m1/s1. The van der Waals surface area contributed by atoms with Crippen LogP contribution < -0.4 is 0 Å². The van der Waals surface area contributed by atoms with Crippen molar-refractivity contribution in [3.8, 4) is 11.3 Å². The van der Waals surface area contributed by atoms with Gasteiger partial charge in [-0.1, -0.05) is 12.1 Å². The number of carbonyl (C=O) groups excluding carboxylic acids is 1. The molecule has 138 valence electrons. The lowest BCUT2D eigenvalue weighted by Gasteiger charge is -2.33. The minimum absolute atomic E-state index is 0.0258. The number of nitrogens with one attached hydrogen (secondary N) is 1. The van der Waals surface area contributed by atoms with Crippen LogP contribution in [0.1, 0.15) is 40.5 Å². The van der Waals surface area contributed by atoms with Crippen molar-refractivity contribution in [2.45, 2.75) is 25.7 Å². The van der Waals surface area contributed by atoms with Gasteiger partial charge in [0.15, 0.2) is 0 Å². The van der Waals surface area contributed by atoms with Crippen molar-refractivity contribution in [2.75, 3.05) is 13.1 Å². The minimum atomic E-state index is -0.306. The van der Waals surface area contributed by atoms with E-state index in [0.29, 0.717) is 29.9 Å². The van der Waals surface area contributed by atoms with E-state index < -0.39 is 0 Å². The van der Waals surface area contributed by atoms with Crippen LogP contribution in [0.2, 0.25) is 0 Å². The van der Waals surface area contributed by atoms with Gasteiger partial charge in [-0.25, -0.2) is 4.39 Å². The molecule has 1 aliphatic heterocycles. The molecule has 0 saturated carbocycles. The Morgan fingerprint density at radius 3 is 2.93 bits per heavy atom. The molecule has 1 aliphatic rings. The lowest BCUT2D eigenvalue weighted by atomic mass is 9.91. The Balaban J connectivity index is 1.63. The van der Waals surface area contributed by atoms with Gasteiger partial charge in [0, 0.05) is 42.7 Å². The Labute approximate surface area is 156 Å². The number of aromatic nitrogens is 4. The molecule has 1 fully saturated rings. The van der Waals surface area contributed by atoms with Gasteiger partial charge < -0.3 is 4.90 Å². The van der Waals surface area contributed by atoms with E-state index in [0.717, 1.165) is 24.2 Å². The van der Waals surface area contributed by atoms with Crippen LogP contribution >= 0.6 is 0 Å². The maximum absolute atomic E-state index is 13.7. The zero-order valence-electron chi connectivity index (χ0n) is 15.0. The third-order valence-corrected chi connectivity index (χ3v) is 4.98. The quantitative estimate of drug-likeness (QED) is 0.772. The number of hydrogen-bond donors (Lipinski definition) is 1. The van der Waals surface area contributed by atoms with Crippen LogP contribution in [0.5, 0.6) is 0 Å². The monoisotopic (exact) mass is 365 g/mol. The highest BCUT2D eigenvalue weighted by molar-refractivity contribution is 5.95. The molecule has 0 aliphatic carbocycles. The number of aromatic amines is 1. The van der Waals surface area contributed by atoms with Crippen LogP contribution in [0.25, 0.3) is 11.3 Å². The number of nitrogens with zero attached hydrogens (tertiary/aromatic N) is 4. The summed E-state index contributed by atoms with van der Waals surface area (Å²) in [6, 6.07) is 6.38. The Morgan fingerprint density at radius 2 is 2.15 bits per heavy atom. The van der Waals surface area contributed by atoms with Crippen LogP contribution in [0.4, 0.5) is 4.39 Å². The fourth-order valence-corrected chi connectivity index (χ4v) is 3.63. The second-order valence-electron chi connectivity index (χ2n) is 6.80. The van der Waals surface area contributed by atoms with Gasteiger partial charge in [0.2, 0.25) is 0 Å². The summed E-state index contributed by atoms with van der Waals surface area (Å²) in [5.41, 5.74) is 3.55. The number of carbonyl (C=O) groups is 1. The molecular formula is C20H20FN5O. The number of likely N-dealkylation sites (tertiary alicyclic amines) is 1. The zero-order chi connectivity index (χ0) is 18.8. The maximum Gasteiger partial charge on any atom is 0.257 e. The van der Waals surface area contributed by atoms with Gasteiger partial charge in [-0.3, -0.25) is 19.9 Å². The highest BCUT2D eigenvalue weighted by atomic mass is 19.1. The Kier molecular flexibility index (Phi) is 4.66. The van der Waals surface area contributed by atoms with E-state index in [1.807, 2.05) is 17.9 Å². The molecule has 0 bridgehead atoms. The number of rotatable bonds is 3. The zero-order valence-corrected chi connectivity index (χ0v) is 15.0. The summed E-state index contributed by atoms with van der Waals surface area (Å²) in [4.78, 5) is 23.7. The number of H-pyrrole nitrogens is 1. The highest BCUT2D eigenvalue weighted by Gasteiger charge is 2.29. The molecule has 1 amide bonds. The van der Waals surface area contributed by atoms with E-state index in [2.05, 4.69) is 20.2 Å². The molecule has 3 heterocycles. The van der Waals surface area contributed by atoms with Gasteiger partial charge in [0.1, 0.15) is 5.82 Å². The van der Waals surface area contributed by atoms with Crippen molar-refractivity contribution in [1.29, 1.82) is 0 Å². The molecule has 2 aromatic heterocycles. The SMILES string of the molecule is Cc1[nH]ncc1C(=O)N1CCC[C@@H](c2nccnc2-c2cccc(F)c2)C1. The molecule has 6 nitrogen and oxygen atoms in total. The van der Waals surface area contributed by atoms with E-state index in [1.54, 1.807) is 24.7 Å². The summed E-state index contributed by atoms with van der Waals surface area (Å²) in [7, 11) is 0. The summed E-state index contributed by atoms with van der Waals surface area (Å²) in [6.07, 6.45) is 6.63. The summed E-state index contributed by atoms with van der Waals surface area (Å²) >= 11 is 0. The fraction of sp³-hybridized carbons (Fsp3) is 0.300. The van der Waals surface area contributed by atoms with E-state index in [-0.39, 0.29) is 17.6 Å². The third-order valence-electron chi connectivity index (χ3n) is 4.98. The molecule has 0 spiro atoms. The van der Waals surface area contributed by atoms with E-state index in [9.17, 15) is 9.18 Å². The van der Waals surface area contributed by atoms with Crippen molar-refractivity contribution in [3.63, 3.8) is 0 Å². The van der Waals surface area contributed by atoms with Gasteiger partial charge in [-0.15, -0.1) is 0 Å². The number of amides is 1. The number of halogens is 1. The van der Waals surface area contributed by atoms with Gasteiger partial charge in [-0.2, -0.15) is 5.10 Å². The van der Waals surface area contributed by atoms with Crippen molar-refractivity contribution in [3.05, 3.63) is 65.6 Å². The molecule has 3 aromatic rings. The normalized spacial score (nSPS) is 17.1. The van der Waals surface area contributed by atoms with Gasteiger partial charge >= 0.3 is 0 Å². The molecule has 1 atom stereocenters. The first-order valence-corrected chi connectivity index (χ1v) is 8.99. The molecular weight excluding hydrogens is 345 g/mol. The lowest BCUT2D eigenvalue weighted by Crippen LogP contribution is -2.39. The van der Waals surface area contributed by atoms with Crippen LogP contribution in [0.3, 0.4) is 0 Å². The maximum atomic E-state index is 13.7. The summed E-state index contributed by atoms with van der Waals surface area (Å²) in [6.45, 7) is 3.10. The number of piperidine rings is 1. The summed E-state index contributed by atoms with van der Waals surface area (Å²) in [5.74, 6) is -0.274. The van der Waals surface area contributed by atoms with Crippen molar-refractivity contribution >= 4 is 5.91 Å². The van der Waals surface area contributed by atoms with Crippen LogP contribution in [0.15, 0.2) is 42.9 Å². The first-order chi connectivity index (χ1) is 13.1. The van der Waals surface area contributed by atoms with E-state index >= 15 is 0 Å². The lowest BCUT2D eigenvalue weighted by molar-refractivity contribution is 0.0705. The van der Waals surface area contributed by atoms with E-state index in [4.69, 9.17) is 0 Å². The fourth-order valence-electron chi connectivity index (χ4n) is 3.63.